The van der Waals surface area contributed by atoms with Crippen molar-refractivity contribution < 1.29 is 24.2 Å². The van der Waals surface area contributed by atoms with Crippen molar-refractivity contribution in [2.75, 3.05) is 19.7 Å². The van der Waals surface area contributed by atoms with Gasteiger partial charge in [0.1, 0.15) is 6.61 Å². The summed E-state index contributed by atoms with van der Waals surface area (Å²) in [6.07, 6.45) is -0.107. The number of carbonyl (C=O) groups excluding carboxylic acids is 2. The average Bonchev–Trinajstić information content (AvgIpc) is 3.08. The predicted molar refractivity (Wildman–Crippen MR) is 115 cm³/mol. The van der Waals surface area contributed by atoms with E-state index in [4.69, 9.17) is 9.84 Å². The average molecular weight is 420 g/mol. The number of amides is 2. The first kappa shape index (κ1) is 21.9. The first-order valence-electron chi connectivity index (χ1n) is 10.1. The fourth-order valence-corrected chi connectivity index (χ4v) is 3.60. The monoisotopic (exact) mass is 420 g/mol. The number of hydrogen-bond donors (Lipinski definition) is 3. The van der Waals surface area contributed by atoms with Gasteiger partial charge in [-0.2, -0.15) is 0 Å². The third kappa shape index (κ3) is 5.64. The summed E-state index contributed by atoms with van der Waals surface area (Å²) >= 11 is 0. The van der Waals surface area contributed by atoms with E-state index in [1.54, 1.807) is 6.92 Å². The summed E-state index contributed by atoms with van der Waals surface area (Å²) < 4.78 is 5.46. The van der Waals surface area contributed by atoms with Gasteiger partial charge in [-0.25, -0.2) is 9.59 Å². The molecule has 1 aliphatic rings. The van der Waals surface area contributed by atoms with Crippen LogP contribution in [0, 0.1) is 17.8 Å². The lowest BCUT2D eigenvalue weighted by Gasteiger charge is -2.15. The van der Waals surface area contributed by atoms with E-state index < -0.39 is 12.1 Å². The largest absolute Gasteiger partial charge is 0.472 e. The lowest BCUT2D eigenvalue weighted by molar-refractivity contribution is -0.130. The molecule has 0 saturated heterocycles. The number of ether oxygens (including phenoxy) is 1. The highest BCUT2D eigenvalue weighted by atomic mass is 16.5. The zero-order valence-electron chi connectivity index (χ0n) is 17.2. The van der Waals surface area contributed by atoms with E-state index in [0.717, 1.165) is 11.1 Å². The van der Waals surface area contributed by atoms with Crippen molar-refractivity contribution in [3.05, 3.63) is 59.7 Å². The molecule has 2 aromatic rings. The minimum absolute atomic E-state index is 0.00485. The third-order valence-corrected chi connectivity index (χ3v) is 5.18. The van der Waals surface area contributed by atoms with Gasteiger partial charge in [-0.05, 0) is 28.7 Å². The first-order valence-corrected chi connectivity index (χ1v) is 10.1. The number of fused-ring (bicyclic) bond motifs is 3. The zero-order chi connectivity index (χ0) is 22.2. The molecule has 1 unspecified atom stereocenters. The normalized spacial score (nSPS) is 12.5. The van der Waals surface area contributed by atoms with Gasteiger partial charge in [0, 0.05) is 24.3 Å². The van der Waals surface area contributed by atoms with Gasteiger partial charge >= 0.3 is 12.1 Å². The molecule has 0 radical (unpaired) electrons. The summed E-state index contributed by atoms with van der Waals surface area (Å²) in [5, 5.41) is 13.6. The van der Waals surface area contributed by atoms with Crippen LogP contribution in [-0.4, -0.2) is 42.8 Å². The van der Waals surface area contributed by atoms with Crippen molar-refractivity contribution in [2.24, 2.45) is 5.92 Å². The van der Waals surface area contributed by atoms with Crippen LogP contribution in [0.1, 0.15) is 30.4 Å². The van der Waals surface area contributed by atoms with Crippen LogP contribution in [0.2, 0.25) is 0 Å². The molecule has 0 saturated carbocycles. The fourth-order valence-electron chi connectivity index (χ4n) is 3.60. The van der Waals surface area contributed by atoms with E-state index in [-0.39, 0.29) is 37.4 Å². The van der Waals surface area contributed by atoms with Gasteiger partial charge in [0.25, 0.3) is 0 Å². The second-order valence-electron chi connectivity index (χ2n) is 7.27. The van der Waals surface area contributed by atoms with Crippen LogP contribution in [0.25, 0.3) is 11.1 Å². The fraction of sp³-hybridized carbons (Fsp3) is 0.292. The van der Waals surface area contributed by atoms with E-state index in [9.17, 15) is 14.4 Å². The molecule has 0 aromatic heterocycles. The number of nitrogens with one attached hydrogen (secondary N) is 2. The van der Waals surface area contributed by atoms with Gasteiger partial charge in [-0.15, -0.1) is 0 Å². The maximum Gasteiger partial charge on any atom is 0.407 e. The minimum atomic E-state index is -1.24. The molecule has 2 aromatic carbocycles. The highest BCUT2D eigenvalue weighted by molar-refractivity contribution is 5.86. The number of hydrogen-bond acceptors (Lipinski definition) is 4. The summed E-state index contributed by atoms with van der Waals surface area (Å²) in [4.78, 5) is 34.4. The Balaban J connectivity index is 1.44. The van der Waals surface area contributed by atoms with Crippen LogP contribution >= 0.6 is 0 Å². The van der Waals surface area contributed by atoms with Crippen LogP contribution < -0.4 is 10.6 Å². The lowest BCUT2D eigenvalue weighted by atomic mass is 9.98. The van der Waals surface area contributed by atoms with E-state index in [0.29, 0.717) is 6.42 Å². The zero-order valence-corrected chi connectivity index (χ0v) is 17.2. The Hall–Kier alpha value is -3.79. The topological polar surface area (TPSA) is 105 Å². The molecule has 0 aliphatic heterocycles. The van der Waals surface area contributed by atoms with E-state index >= 15 is 0 Å². The Morgan fingerprint density at radius 3 is 2.26 bits per heavy atom. The Bertz CT molecular complexity index is 992. The number of benzene rings is 2. The summed E-state index contributed by atoms with van der Waals surface area (Å²) in [7, 11) is 0. The number of rotatable bonds is 7. The third-order valence-electron chi connectivity index (χ3n) is 5.18. The number of carbonyl (C=O) groups is 3. The van der Waals surface area contributed by atoms with Crippen LogP contribution in [0.4, 0.5) is 4.79 Å². The van der Waals surface area contributed by atoms with Crippen molar-refractivity contribution in [3.8, 4) is 23.0 Å². The molecule has 7 nitrogen and oxygen atoms in total. The second-order valence-corrected chi connectivity index (χ2v) is 7.27. The predicted octanol–water partition coefficient (Wildman–Crippen LogP) is 2.76. The van der Waals surface area contributed by atoms with Crippen LogP contribution in [0.15, 0.2) is 48.5 Å². The molecule has 1 aliphatic carbocycles. The van der Waals surface area contributed by atoms with Gasteiger partial charge in [-0.1, -0.05) is 61.4 Å². The molecule has 7 heteroatoms. The maximum atomic E-state index is 12.1. The molecule has 3 N–H and O–H groups in total. The molecule has 1 atom stereocenters. The van der Waals surface area contributed by atoms with Crippen molar-refractivity contribution in [1.82, 2.24) is 10.6 Å². The molecule has 0 spiro atoms. The van der Waals surface area contributed by atoms with Gasteiger partial charge < -0.3 is 20.5 Å². The Kier molecular flexibility index (Phi) is 7.28. The van der Waals surface area contributed by atoms with Gasteiger partial charge in [-0.3, -0.25) is 4.79 Å². The first-order chi connectivity index (χ1) is 15.0. The SMILES string of the molecule is CC(CCNC(=O)OCC1c2ccccc2-c2ccccc21)C(=O)NCC#CC(=O)O. The van der Waals surface area contributed by atoms with Crippen LogP contribution in [0.3, 0.4) is 0 Å². The Morgan fingerprint density at radius 1 is 1.03 bits per heavy atom. The number of carboxylic acid groups (broad SMARTS) is 1. The highest BCUT2D eigenvalue weighted by Crippen LogP contribution is 2.44. The maximum absolute atomic E-state index is 12.1. The quantitative estimate of drug-likeness (QED) is 0.598. The van der Waals surface area contributed by atoms with Gasteiger partial charge in [0.2, 0.25) is 5.91 Å². The van der Waals surface area contributed by atoms with Crippen LogP contribution in [-0.2, 0) is 14.3 Å². The minimum Gasteiger partial charge on any atom is -0.472 e. The van der Waals surface area contributed by atoms with Crippen molar-refractivity contribution in [1.29, 1.82) is 0 Å². The van der Waals surface area contributed by atoms with Crippen molar-refractivity contribution >= 4 is 18.0 Å². The molecule has 0 fully saturated rings. The lowest BCUT2D eigenvalue weighted by Crippen LogP contribution is -2.33. The standard InChI is InChI=1S/C24H24N2O5/c1-16(23(29)25-13-6-11-22(27)28)12-14-26-24(30)31-15-21-19-9-4-2-7-17(19)18-8-3-5-10-20(18)21/h2-5,7-10,16,21H,12-15H2,1H3,(H,25,29)(H,26,30)(H,27,28). The Morgan fingerprint density at radius 2 is 1.65 bits per heavy atom. The number of aliphatic carboxylic acids is 1. The molecule has 3 rings (SSSR count). The molecule has 0 heterocycles. The van der Waals surface area contributed by atoms with Gasteiger partial charge in [0.15, 0.2) is 0 Å². The number of carboxylic acids is 1. The van der Waals surface area contributed by atoms with Crippen molar-refractivity contribution in [3.63, 3.8) is 0 Å². The smallest absolute Gasteiger partial charge is 0.407 e. The second kappa shape index (κ2) is 10.3. The van der Waals surface area contributed by atoms with Gasteiger partial charge in [0.05, 0.1) is 6.54 Å². The summed E-state index contributed by atoms with van der Waals surface area (Å²) in [6, 6.07) is 16.2. The van der Waals surface area contributed by atoms with E-state index in [2.05, 4.69) is 40.8 Å². The summed E-state index contributed by atoms with van der Waals surface area (Å²) in [5.41, 5.74) is 4.63. The van der Waals surface area contributed by atoms with E-state index in [1.165, 1.54) is 11.1 Å². The molecule has 160 valence electrons. The molecule has 0 bridgehead atoms. The summed E-state index contributed by atoms with van der Waals surface area (Å²) in [6.45, 7) is 2.21. The molecular weight excluding hydrogens is 396 g/mol. The Labute approximate surface area is 180 Å². The molecular formula is C24H24N2O5. The molecule has 31 heavy (non-hydrogen) atoms. The summed E-state index contributed by atoms with van der Waals surface area (Å²) in [5.74, 6) is 2.40. The highest BCUT2D eigenvalue weighted by Gasteiger charge is 2.28. The van der Waals surface area contributed by atoms with E-state index in [1.807, 2.05) is 30.2 Å². The molecule has 2 amide bonds. The van der Waals surface area contributed by atoms with Crippen LogP contribution in [0.5, 0.6) is 0 Å². The van der Waals surface area contributed by atoms with Crippen molar-refractivity contribution in [2.45, 2.75) is 19.3 Å². The number of alkyl carbamates (subject to hydrolysis) is 1.